The van der Waals surface area contributed by atoms with E-state index in [-0.39, 0.29) is 6.42 Å². The lowest BCUT2D eigenvalue weighted by Crippen LogP contribution is -2.42. The van der Waals surface area contributed by atoms with Gasteiger partial charge in [-0.05, 0) is 13.3 Å². The van der Waals surface area contributed by atoms with Crippen molar-refractivity contribution in [3.63, 3.8) is 0 Å². The molecule has 0 aliphatic heterocycles. The van der Waals surface area contributed by atoms with Crippen LogP contribution < -0.4 is 10.6 Å². The Kier molecular flexibility index (Phi) is 4.47. The number of carbonyl (C=O) groups is 2. The normalized spacial score (nSPS) is 11.7. The van der Waals surface area contributed by atoms with Gasteiger partial charge in [-0.15, -0.1) is 6.58 Å². The lowest BCUT2D eigenvalue weighted by Gasteiger charge is -2.12. The smallest absolute Gasteiger partial charge is 0.326 e. The predicted molar refractivity (Wildman–Crippen MR) is 66.3 cm³/mol. The molecule has 1 rings (SSSR count). The molecule has 1 unspecified atom stereocenters. The molecule has 7 heteroatoms. The fourth-order valence-corrected chi connectivity index (χ4v) is 1.43. The number of rotatable bonds is 5. The highest BCUT2D eigenvalue weighted by atomic mass is 16.4. The standard InChI is InChI=1S/C11H16N4O3/c1-4-5-8(10(16)17)12-11(18)13-9-6-15(3)14-7(9)2/h4,6,8H,1,5H2,2-3H3,(H,16,17)(H2,12,13,18). The van der Waals surface area contributed by atoms with Gasteiger partial charge in [-0.1, -0.05) is 6.08 Å². The van der Waals surface area contributed by atoms with Crippen molar-refractivity contribution < 1.29 is 14.7 Å². The van der Waals surface area contributed by atoms with Gasteiger partial charge in [0.1, 0.15) is 6.04 Å². The molecular formula is C11H16N4O3. The number of nitrogens with one attached hydrogen (secondary N) is 2. The molecule has 0 aromatic carbocycles. The zero-order valence-corrected chi connectivity index (χ0v) is 10.3. The fourth-order valence-electron chi connectivity index (χ4n) is 1.43. The van der Waals surface area contributed by atoms with E-state index >= 15 is 0 Å². The van der Waals surface area contributed by atoms with Crippen molar-refractivity contribution in [2.24, 2.45) is 7.05 Å². The summed E-state index contributed by atoms with van der Waals surface area (Å²) in [6.07, 6.45) is 3.24. The second-order valence-corrected chi connectivity index (χ2v) is 3.82. The highest BCUT2D eigenvalue weighted by molar-refractivity contribution is 5.92. The van der Waals surface area contributed by atoms with Crippen molar-refractivity contribution in [3.8, 4) is 0 Å². The van der Waals surface area contributed by atoms with Crippen molar-refractivity contribution in [1.82, 2.24) is 15.1 Å². The van der Waals surface area contributed by atoms with E-state index < -0.39 is 18.0 Å². The Balaban J connectivity index is 2.63. The third kappa shape index (κ3) is 3.62. The minimum atomic E-state index is -1.10. The molecule has 2 amide bonds. The molecule has 1 atom stereocenters. The minimum absolute atomic E-state index is 0.161. The molecule has 0 spiro atoms. The number of amides is 2. The summed E-state index contributed by atoms with van der Waals surface area (Å²) in [5.74, 6) is -1.10. The molecule has 0 fully saturated rings. The Bertz CT molecular complexity index is 467. The first-order valence-electron chi connectivity index (χ1n) is 5.35. The third-order valence-corrected chi connectivity index (χ3v) is 2.27. The number of carboxylic acid groups (broad SMARTS) is 1. The number of carbonyl (C=O) groups excluding carboxylic acids is 1. The molecule has 0 radical (unpaired) electrons. The summed E-state index contributed by atoms with van der Waals surface area (Å²) in [4.78, 5) is 22.4. The van der Waals surface area contributed by atoms with Crippen LogP contribution in [0.1, 0.15) is 12.1 Å². The van der Waals surface area contributed by atoms with Gasteiger partial charge in [0.15, 0.2) is 0 Å². The first-order chi connectivity index (χ1) is 8.43. The van der Waals surface area contributed by atoms with Crippen LogP contribution in [0.5, 0.6) is 0 Å². The molecular weight excluding hydrogens is 236 g/mol. The molecule has 0 saturated carbocycles. The maximum atomic E-state index is 11.6. The first kappa shape index (κ1) is 13.8. The fraction of sp³-hybridized carbons (Fsp3) is 0.364. The average molecular weight is 252 g/mol. The summed E-state index contributed by atoms with van der Waals surface area (Å²) in [5.41, 5.74) is 1.20. The van der Waals surface area contributed by atoms with Crippen LogP contribution in [0.15, 0.2) is 18.9 Å². The number of aryl methyl sites for hydroxylation is 2. The number of urea groups is 1. The van der Waals surface area contributed by atoms with Crippen LogP contribution in [-0.2, 0) is 11.8 Å². The quantitative estimate of drug-likeness (QED) is 0.678. The highest BCUT2D eigenvalue weighted by Gasteiger charge is 2.18. The maximum absolute atomic E-state index is 11.6. The van der Waals surface area contributed by atoms with Gasteiger partial charge in [0.2, 0.25) is 0 Å². The lowest BCUT2D eigenvalue weighted by molar-refractivity contribution is -0.139. The molecule has 1 aromatic rings. The SMILES string of the molecule is C=CCC(NC(=O)Nc1cn(C)nc1C)C(=O)O. The van der Waals surface area contributed by atoms with Crippen LogP contribution in [0, 0.1) is 6.92 Å². The largest absolute Gasteiger partial charge is 0.480 e. The molecule has 1 aromatic heterocycles. The Morgan fingerprint density at radius 3 is 2.78 bits per heavy atom. The van der Waals surface area contributed by atoms with Gasteiger partial charge < -0.3 is 15.7 Å². The lowest BCUT2D eigenvalue weighted by atomic mass is 10.2. The van der Waals surface area contributed by atoms with Gasteiger partial charge in [-0.3, -0.25) is 4.68 Å². The summed E-state index contributed by atoms with van der Waals surface area (Å²) in [6, 6.07) is -1.57. The van der Waals surface area contributed by atoms with Crippen LogP contribution in [0.25, 0.3) is 0 Å². The van der Waals surface area contributed by atoms with E-state index in [1.807, 2.05) is 0 Å². The molecule has 0 aliphatic rings. The van der Waals surface area contributed by atoms with Gasteiger partial charge in [-0.25, -0.2) is 9.59 Å². The number of aliphatic carboxylic acids is 1. The highest BCUT2D eigenvalue weighted by Crippen LogP contribution is 2.10. The Morgan fingerprint density at radius 2 is 2.33 bits per heavy atom. The molecule has 7 nitrogen and oxygen atoms in total. The van der Waals surface area contributed by atoms with E-state index in [9.17, 15) is 9.59 Å². The van der Waals surface area contributed by atoms with Crippen LogP contribution in [0.3, 0.4) is 0 Å². The van der Waals surface area contributed by atoms with Gasteiger partial charge in [0, 0.05) is 13.2 Å². The van der Waals surface area contributed by atoms with Crippen molar-refractivity contribution in [1.29, 1.82) is 0 Å². The van der Waals surface area contributed by atoms with Crippen molar-refractivity contribution in [2.45, 2.75) is 19.4 Å². The van der Waals surface area contributed by atoms with E-state index in [1.165, 1.54) is 6.08 Å². The molecule has 1 heterocycles. The first-order valence-corrected chi connectivity index (χ1v) is 5.35. The van der Waals surface area contributed by atoms with E-state index in [0.717, 1.165) is 0 Å². The van der Waals surface area contributed by atoms with E-state index in [4.69, 9.17) is 5.11 Å². The zero-order valence-electron chi connectivity index (χ0n) is 10.3. The average Bonchev–Trinajstić information content (AvgIpc) is 2.56. The Hall–Kier alpha value is -2.31. The van der Waals surface area contributed by atoms with Crippen molar-refractivity contribution in [3.05, 3.63) is 24.5 Å². The molecule has 0 bridgehead atoms. The summed E-state index contributed by atoms with van der Waals surface area (Å²) < 4.78 is 1.56. The number of nitrogens with zero attached hydrogens (tertiary/aromatic N) is 2. The van der Waals surface area contributed by atoms with Gasteiger partial charge in [0.05, 0.1) is 11.4 Å². The minimum Gasteiger partial charge on any atom is -0.480 e. The van der Waals surface area contributed by atoms with Crippen LogP contribution in [-0.4, -0.2) is 32.9 Å². The molecule has 0 aliphatic carbocycles. The molecule has 18 heavy (non-hydrogen) atoms. The number of anilines is 1. The number of hydrogen-bond donors (Lipinski definition) is 3. The summed E-state index contributed by atoms with van der Waals surface area (Å²) >= 11 is 0. The third-order valence-electron chi connectivity index (χ3n) is 2.27. The Labute approximate surface area is 104 Å². The number of hydrogen-bond acceptors (Lipinski definition) is 3. The topological polar surface area (TPSA) is 96.3 Å². The summed E-state index contributed by atoms with van der Waals surface area (Å²) in [7, 11) is 1.73. The number of aromatic nitrogens is 2. The summed E-state index contributed by atoms with van der Waals surface area (Å²) in [5, 5.41) is 17.8. The van der Waals surface area contributed by atoms with Gasteiger partial charge in [0.25, 0.3) is 0 Å². The zero-order chi connectivity index (χ0) is 13.7. The molecule has 3 N–H and O–H groups in total. The monoisotopic (exact) mass is 252 g/mol. The maximum Gasteiger partial charge on any atom is 0.326 e. The predicted octanol–water partition coefficient (Wildman–Crippen LogP) is 0.879. The van der Waals surface area contributed by atoms with Gasteiger partial charge in [-0.2, -0.15) is 5.10 Å². The van der Waals surface area contributed by atoms with Crippen molar-refractivity contribution in [2.75, 3.05) is 5.32 Å². The number of carboxylic acids is 1. The van der Waals surface area contributed by atoms with Gasteiger partial charge >= 0.3 is 12.0 Å². The molecule has 98 valence electrons. The van der Waals surface area contributed by atoms with Crippen LogP contribution in [0.2, 0.25) is 0 Å². The second-order valence-electron chi connectivity index (χ2n) is 3.82. The summed E-state index contributed by atoms with van der Waals surface area (Å²) in [6.45, 7) is 5.19. The van der Waals surface area contributed by atoms with E-state index in [1.54, 1.807) is 24.9 Å². The Morgan fingerprint density at radius 1 is 1.67 bits per heavy atom. The van der Waals surface area contributed by atoms with Crippen LogP contribution in [0.4, 0.5) is 10.5 Å². The van der Waals surface area contributed by atoms with Crippen molar-refractivity contribution >= 4 is 17.7 Å². The second kappa shape index (κ2) is 5.85. The van der Waals surface area contributed by atoms with Crippen LogP contribution >= 0.6 is 0 Å². The molecule has 0 saturated heterocycles. The van der Waals surface area contributed by atoms with E-state index in [2.05, 4.69) is 22.3 Å². The van der Waals surface area contributed by atoms with E-state index in [0.29, 0.717) is 11.4 Å².